The third-order valence-electron chi connectivity index (χ3n) is 4.98. The first kappa shape index (κ1) is 15.3. The molecule has 0 aromatic carbocycles. The Balaban J connectivity index is 1.77. The fourth-order valence-electron chi connectivity index (χ4n) is 3.96. The van der Waals surface area contributed by atoms with E-state index in [1.54, 1.807) is 0 Å². The maximum Gasteiger partial charge on any atom is 0.0198 e. The van der Waals surface area contributed by atoms with Crippen LogP contribution in [0.5, 0.6) is 0 Å². The fourth-order valence-corrected chi connectivity index (χ4v) is 3.96. The van der Waals surface area contributed by atoms with Gasteiger partial charge in [-0.15, -0.1) is 0 Å². The zero-order valence-electron chi connectivity index (χ0n) is 13.3. The van der Waals surface area contributed by atoms with E-state index in [0.717, 1.165) is 23.8 Å². The Morgan fingerprint density at radius 1 is 1.11 bits per heavy atom. The molecule has 0 spiro atoms. The van der Waals surface area contributed by atoms with Crippen molar-refractivity contribution < 1.29 is 0 Å². The molecule has 2 unspecified atom stereocenters. The summed E-state index contributed by atoms with van der Waals surface area (Å²) in [5, 5.41) is 3.89. The minimum Gasteiger partial charge on any atom is -0.312 e. The Bertz CT molecular complexity index is 246. The zero-order chi connectivity index (χ0) is 13.7. The van der Waals surface area contributed by atoms with Gasteiger partial charge >= 0.3 is 0 Å². The lowest BCUT2D eigenvalue weighted by molar-refractivity contribution is 0.124. The molecule has 1 heterocycles. The molecule has 2 heteroatoms. The Hall–Kier alpha value is -0.0800. The van der Waals surface area contributed by atoms with E-state index in [1.807, 2.05) is 0 Å². The molecule has 19 heavy (non-hydrogen) atoms. The van der Waals surface area contributed by atoms with Gasteiger partial charge in [0.25, 0.3) is 0 Å². The summed E-state index contributed by atoms with van der Waals surface area (Å²) in [6, 6.07) is 0.748. The van der Waals surface area contributed by atoms with E-state index in [2.05, 4.69) is 31.0 Å². The molecular weight excluding hydrogens is 232 g/mol. The molecule has 1 saturated heterocycles. The van der Waals surface area contributed by atoms with Crippen LogP contribution in [0.25, 0.3) is 0 Å². The van der Waals surface area contributed by atoms with Crippen molar-refractivity contribution in [2.75, 3.05) is 26.2 Å². The predicted octanol–water partition coefficient (Wildman–Crippen LogP) is 3.52. The molecule has 2 aliphatic rings. The number of hydrogen-bond acceptors (Lipinski definition) is 2. The largest absolute Gasteiger partial charge is 0.312 e. The lowest BCUT2D eigenvalue weighted by Gasteiger charge is -2.39. The topological polar surface area (TPSA) is 15.3 Å². The Kier molecular flexibility index (Phi) is 6.15. The second-order valence-corrected chi connectivity index (χ2v) is 7.38. The van der Waals surface area contributed by atoms with Crippen LogP contribution in [0.4, 0.5) is 0 Å². The third-order valence-corrected chi connectivity index (χ3v) is 4.98. The molecule has 2 rings (SSSR count). The van der Waals surface area contributed by atoms with E-state index in [0.29, 0.717) is 0 Å². The van der Waals surface area contributed by atoms with Gasteiger partial charge < -0.3 is 10.2 Å². The van der Waals surface area contributed by atoms with Crippen molar-refractivity contribution in [3.63, 3.8) is 0 Å². The van der Waals surface area contributed by atoms with Crippen molar-refractivity contribution in [1.29, 1.82) is 0 Å². The summed E-state index contributed by atoms with van der Waals surface area (Å²) in [6.07, 6.45) is 8.61. The molecule has 1 N–H and O–H groups in total. The highest BCUT2D eigenvalue weighted by Crippen LogP contribution is 2.25. The average molecular weight is 266 g/mol. The minimum atomic E-state index is 0.748. The summed E-state index contributed by atoms with van der Waals surface area (Å²) < 4.78 is 0. The number of hydrogen-bond donors (Lipinski definition) is 1. The molecule has 2 nitrogen and oxygen atoms in total. The second kappa shape index (κ2) is 7.64. The van der Waals surface area contributed by atoms with E-state index < -0.39 is 0 Å². The summed E-state index contributed by atoms with van der Waals surface area (Å²) in [5.41, 5.74) is 0. The average Bonchev–Trinajstić information content (AvgIpc) is 2.88. The monoisotopic (exact) mass is 266 g/mol. The van der Waals surface area contributed by atoms with Crippen molar-refractivity contribution in [3.8, 4) is 0 Å². The Morgan fingerprint density at radius 3 is 2.47 bits per heavy atom. The van der Waals surface area contributed by atoms with E-state index in [1.165, 1.54) is 64.7 Å². The van der Waals surface area contributed by atoms with Crippen molar-refractivity contribution in [3.05, 3.63) is 0 Å². The number of piperidine rings is 1. The first-order chi connectivity index (χ1) is 9.17. The summed E-state index contributed by atoms with van der Waals surface area (Å²) in [7, 11) is 0. The molecule has 1 aliphatic carbocycles. The van der Waals surface area contributed by atoms with Crippen LogP contribution < -0.4 is 5.32 Å². The predicted molar refractivity (Wildman–Crippen MR) is 83.4 cm³/mol. The number of likely N-dealkylation sites (tertiary alicyclic amines) is 1. The first-order valence-electron chi connectivity index (χ1n) is 8.63. The minimum absolute atomic E-state index is 0.748. The van der Waals surface area contributed by atoms with Gasteiger partial charge in [-0.25, -0.2) is 0 Å². The standard InChI is InChI=1S/C17H34N2/c1-4-15-9-17(13-19(12-15)11-14(2)3)18-10-16-7-5-6-8-16/h14-18H,4-13H2,1-3H3. The van der Waals surface area contributed by atoms with Crippen LogP contribution in [0, 0.1) is 17.8 Å². The van der Waals surface area contributed by atoms with Gasteiger partial charge in [0, 0.05) is 25.7 Å². The number of nitrogens with zero attached hydrogens (tertiary/aromatic N) is 1. The van der Waals surface area contributed by atoms with Gasteiger partial charge in [0.05, 0.1) is 0 Å². The molecule has 0 radical (unpaired) electrons. The van der Waals surface area contributed by atoms with Crippen LogP contribution in [0.15, 0.2) is 0 Å². The van der Waals surface area contributed by atoms with Crippen LogP contribution in [-0.2, 0) is 0 Å². The molecule has 0 bridgehead atoms. The molecule has 2 atom stereocenters. The van der Waals surface area contributed by atoms with Gasteiger partial charge in [0.1, 0.15) is 0 Å². The van der Waals surface area contributed by atoms with E-state index in [-0.39, 0.29) is 0 Å². The summed E-state index contributed by atoms with van der Waals surface area (Å²) in [6.45, 7) is 12.2. The fraction of sp³-hybridized carbons (Fsp3) is 1.00. The second-order valence-electron chi connectivity index (χ2n) is 7.38. The third kappa shape index (κ3) is 5.07. The van der Waals surface area contributed by atoms with Gasteiger partial charge in [-0.2, -0.15) is 0 Å². The molecular formula is C17H34N2. The number of rotatable bonds is 6. The lowest BCUT2D eigenvalue weighted by Crippen LogP contribution is -2.50. The van der Waals surface area contributed by atoms with Crippen LogP contribution in [-0.4, -0.2) is 37.1 Å². The van der Waals surface area contributed by atoms with Crippen molar-refractivity contribution in [2.45, 2.75) is 65.3 Å². The molecule has 0 amide bonds. The van der Waals surface area contributed by atoms with Gasteiger partial charge in [-0.3, -0.25) is 0 Å². The maximum atomic E-state index is 3.89. The van der Waals surface area contributed by atoms with Gasteiger partial charge in [0.2, 0.25) is 0 Å². The highest BCUT2D eigenvalue weighted by molar-refractivity contribution is 4.84. The SMILES string of the molecule is CCC1CC(NCC2CCCC2)CN(CC(C)C)C1. The van der Waals surface area contributed by atoms with Crippen molar-refractivity contribution in [1.82, 2.24) is 10.2 Å². The highest BCUT2D eigenvalue weighted by atomic mass is 15.2. The van der Waals surface area contributed by atoms with E-state index in [9.17, 15) is 0 Å². The zero-order valence-corrected chi connectivity index (χ0v) is 13.3. The quantitative estimate of drug-likeness (QED) is 0.791. The normalized spacial score (nSPS) is 30.3. The molecule has 1 aliphatic heterocycles. The molecule has 112 valence electrons. The van der Waals surface area contributed by atoms with E-state index >= 15 is 0 Å². The lowest BCUT2D eigenvalue weighted by atomic mass is 9.91. The highest BCUT2D eigenvalue weighted by Gasteiger charge is 2.27. The van der Waals surface area contributed by atoms with Crippen LogP contribution in [0.3, 0.4) is 0 Å². The van der Waals surface area contributed by atoms with Crippen molar-refractivity contribution in [2.24, 2.45) is 17.8 Å². The smallest absolute Gasteiger partial charge is 0.0198 e. The van der Waals surface area contributed by atoms with Gasteiger partial charge in [-0.05, 0) is 43.6 Å². The molecule has 2 fully saturated rings. The summed E-state index contributed by atoms with van der Waals surface area (Å²) in [5.74, 6) is 2.68. The first-order valence-corrected chi connectivity index (χ1v) is 8.63. The maximum absolute atomic E-state index is 3.89. The summed E-state index contributed by atoms with van der Waals surface area (Å²) >= 11 is 0. The van der Waals surface area contributed by atoms with Crippen molar-refractivity contribution >= 4 is 0 Å². The molecule has 0 aromatic rings. The Labute approximate surface area is 120 Å². The van der Waals surface area contributed by atoms with Gasteiger partial charge in [0.15, 0.2) is 0 Å². The van der Waals surface area contributed by atoms with Crippen LogP contribution >= 0.6 is 0 Å². The van der Waals surface area contributed by atoms with E-state index in [4.69, 9.17) is 0 Å². The molecule has 0 aromatic heterocycles. The molecule has 1 saturated carbocycles. The van der Waals surface area contributed by atoms with Crippen LogP contribution in [0.1, 0.15) is 59.3 Å². The van der Waals surface area contributed by atoms with Crippen LogP contribution in [0.2, 0.25) is 0 Å². The number of nitrogens with one attached hydrogen (secondary N) is 1. The van der Waals surface area contributed by atoms with Gasteiger partial charge in [-0.1, -0.05) is 40.0 Å². The Morgan fingerprint density at radius 2 is 1.84 bits per heavy atom. The summed E-state index contributed by atoms with van der Waals surface area (Å²) in [4.78, 5) is 2.70.